The molecular formula is C14H11N3O3. The van der Waals surface area contributed by atoms with Crippen molar-refractivity contribution in [3.63, 3.8) is 0 Å². The third-order valence-corrected chi connectivity index (χ3v) is 2.87. The van der Waals surface area contributed by atoms with Crippen molar-refractivity contribution in [2.24, 2.45) is 0 Å². The molecule has 6 nitrogen and oxygen atoms in total. The van der Waals surface area contributed by atoms with Crippen molar-refractivity contribution in [3.8, 4) is 17.1 Å². The maximum absolute atomic E-state index is 11.3. The van der Waals surface area contributed by atoms with Crippen LogP contribution >= 0.6 is 0 Å². The lowest BCUT2D eigenvalue weighted by molar-refractivity contribution is 0.0697. The summed E-state index contributed by atoms with van der Waals surface area (Å²) < 4.78 is 6.44. The number of aryl methyl sites for hydroxylation is 1. The van der Waals surface area contributed by atoms with E-state index in [2.05, 4.69) is 10.1 Å². The summed E-state index contributed by atoms with van der Waals surface area (Å²) in [6, 6.07) is 5.36. The van der Waals surface area contributed by atoms with Crippen molar-refractivity contribution in [2.45, 2.75) is 6.92 Å². The molecule has 0 aliphatic heterocycles. The predicted octanol–water partition coefficient (Wildman–Crippen LogP) is 2.53. The molecule has 0 saturated heterocycles. The van der Waals surface area contributed by atoms with Crippen LogP contribution in [0.25, 0.3) is 17.1 Å². The van der Waals surface area contributed by atoms with E-state index in [1.54, 1.807) is 12.3 Å². The second-order valence-electron chi connectivity index (χ2n) is 4.34. The van der Waals surface area contributed by atoms with Crippen LogP contribution in [-0.2, 0) is 0 Å². The fourth-order valence-corrected chi connectivity index (χ4v) is 1.91. The monoisotopic (exact) mass is 269 g/mol. The molecular weight excluding hydrogens is 258 g/mol. The zero-order chi connectivity index (χ0) is 14.1. The molecule has 0 aliphatic rings. The van der Waals surface area contributed by atoms with Crippen LogP contribution in [0.4, 0.5) is 0 Å². The number of hydrogen-bond acceptors (Lipinski definition) is 4. The van der Waals surface area contributed by atoms with E-state index < -0.39 is 5.97 Å². The highest BCUT2D eigenvalue weighted by Gasteiger charge is 2.18. The van der Waals surface area contributed by atoms with E-state index in [1.165, 1.54) is 23.4 Å². The number of carboxylic acids is 1. The van der Waals surface area contributed by atoms with Crippen LogP contribution in [-0.4, -0.2) is 25.8 Å². The van der Waals surface area contributed by atoms with Crippen LogP contribution in [0.1, 0.15) is 15.9 Å². The van der Waals surface area contributed by atoms with Crippen LogP contribution < -0.4 is 0 Å². The minimum atomic E-state index is -1.04. The lowest BCUT2D eigenvalue weighted by Gasteiger charge is -2.00. The lowest BCUT2D eigenvalue weighted by Crippen LogP contribution is -1.98. The number of nitrogens with zero attached hydrogens (tertiary/aromatic N) is 3. The topological polar surface area (TPSA) is 81.2 Å². The molecule has 100 valence electrons. The molecule has 6 heteroatoms. The van der Waals surface area contributed by atoms with Crippen LogP contribution in [0.5, 0.6) is 0 Å². The third-order valence-electron chi connectivity index (χ3n) is 2.87. The molecule has 3 heterocycles. The van der Waals surface area contributed by atoms with Gasteiger partial charge in [-0.2, -0.15) is 5.10 Å². The minimum Gasteiger partial charge on any atom is -0.478 e. The second-order valence-corrected chi connectivity index (χ2v) is 4.34. The highest BCUT2D eigenvalue weighted by Crippen LogP contribution is 2.23. The molecule has 1 N–H and O–H groups in total. The average Bonchev–Trinajstić information content (AvgIpc) is 3.08. The molecule has 3 rings (SSSR count). The number of hydrogen-bond donors (Lipinski definition) is 1. The van der Waals surface area contributed by atoms with Gasteiger partial charge in [-0.05, 0) is 30.7 Å². The summed E-state index contributed by atoms with van der Waals surface area (Å²) in [5, 5.41) is 13.6. The smallest absolute Gasteiger partial charge is 0.339 e. The van der Waals surface area contributed by atoms with Gasteiger partial charge in [-0.3, -0.25) is 0 Å². The van der Waals surface area contributed by atoms with Gasteiger partial charge in [0.15, 0.2) is 5.82 Å². The predicted molar refractivity (Wildman–Crippen MR) is 70.8 cm³/mol. The number of pyridine rings is 1. The van der Waals surface area contributed by atoms with Crippen molar-refractivity contribution in [1.82, 2.24) is 14.8 Å². The Bertz CT molecular complexity index is 760. The molecule has 0 bridgehead atoms. The summed E-state index contributed by atoms with van der Waals surface area (Å²) in [7, 11) is 0. The Morgan fingerprint density at radius 2 is 2.25 bits per heavy atom. The van der Waals surface area contributed by atoms with Crippen molar-refractivity contribution in [3.05, 3.63) is 54.2 Å². The molecule has 0 fully saturated rings. The lowest BCUT2D eigenvalue weighted by atomic mass is 10.1. The van der Waals surface area contributed by atoms with Crippen molar-refractivity contribution < 1.29 is 14.3 Å². The Morgan fingerprint density at radius 3 is 2.90 bits per heavy atom. The molecule has 0 aromatic carbocycles. The average molecular weight is 269 g/mol. The summed E-state index contributed by atoms with van der Waals surface area (Å²) >= 11 is 0. The first-order chi connectivity index (χ1) is 9.65. The minimum absolute atomic E-state index is 0.106. The van der Waals surface area contributed by atoms with Gasteiger partial charge in [0.05, 0.1) is 12.5 Å². The van der Waals surface area contributed by atoms with Gasteiger partial charge in [-0.1, -0.05) is 0 Å². The molecule has 3 aromatic heterocycles. The van der Waals surface area contributed by atoms with E-state index in [0.717, 1.165) is 5.56 Å². The van der Waals surface area contributed by atoms with E-state index in [1.807, 2.05) is 19.1 Å². The summed E-state index contributed by atoms with van der Waals surface area (Å²) in [5.74, 6) is -0.470. The molecule has 0 atom stereocenters. The normalized spacial score (nSPS) is 10.7. The fourth-order valence-electron chi connectivity index (χ4n) is 1.91. The number of aromatic nitrogens is 3. The molecule has 20 heavy (non-hydrogen) atoms. The fraction of sp³-hybridized carbons (Fsp3) is 0.0714. The molecule has 0 amide bonds. The van der Waals surface area contributed by atoms with Crippen LogP contribution in [0, 0.1) is 6.92 Å². The molecule has 0 unspecified atom stereocenters. The quantitative estimate of drug-likeness (QED) is 0.790. The summed E-state index contributed by atoms with van der Waals surface area (Å²) in [4.78, 5) is 15.5. The first-order valence-electron chi connectivity index (χ1n) is 5.94. The number of furan rings is 1. The van der Waals surface area contributed by atoms with Crippen molar-refractivity contribution >= 4 is 5.97 Å². The van der Waals surface area contributed by atoms with Crippen molar-refractivity contribution in [1.29, 1.82) is 0 Å². The van der Waals surface area contributed by atoms with Gasteiger partial charge in [-0.25, -0.2) is 14.5 Å². The molecule has 0 saturated carbocycles. The van der Waals surface area contributed by atoms with Crippen LogP contribution in [0.3, 0.4) is 0 Å². The number of carboxylic acid groups (broad SMARTS) is 1. The Labute approximate surface area is 114 Å². The Kier molecular flexibility index (Phi) is 2.83. The number of rotatable bonds is 3. The first-order valence-corrected chi connectivity index (χ1v) is 5.94. The SMILES string of the molecule is Cc1ccnc(-n2cc(C(=O)O)c(-c3ccoc3)n2)c1. The summed E-state index contributed by atoms with van der Waals surface area (Å²) in [5.41, 5.74) is 2.10. The van der Waals surface area contributed by atoms with Crippen molar-refractivity contribution in [2.75, 3.05) is 0 Å². The van der Waals surface area contributed by atoms with Gasteiger partial charge >= 0.3 is 5.97 Å². The molecule has 0 aliphatic carbocycles. The molecule has 0 spiro atoms. The van der Waals surface area contributed by atoms with Gasteiger partial charge in [0.2, 0.25) is 0 Å². The largest absolute Gasteiger partial charge is 0.478 e. The Hall–Kier alpha value is -2.89. The van der Waals surface area contributed by atoms with E-state index >= 15 is 0 Å². The van der Waals surface area contributed by atoms with Gasteiger partial charge < -0.3 is 9.52 Å². The molecule has 3 aromatic rings. The maximum atomic E-state index is 11.3. The number of aromatic carboxylic acids is 1. The Morgan fingerprint density at radius 1 is 1.40 bits per heavy atom. The second kappa shape index (κ2) is 4.65. The first kappa shape index (κ1) is 12.2. The van der Waals surface area contributed by atoms with E-state index in [4.69, 9.17) is 4.42 Å². The molecule has 0 radical (unpaired) electrons. The van der Waals surface area contributed by atoms with E-state index in [9.17, 15) is 9.90 Å². The van der Waals surface area contributed by atoms with E-state index in [0.29, 0.717) is 17.1 Å². The van der Waals surface area contributed by atoms with E-state index in [-0.39, 0.29) is 5.56 Å². The third kappa shape index (κ3) is 2.07. The summed E-state index contributed by atoms with van der Waals surface area (Å²) in [6.07, 6.45) is 6.05. The van der Waals surface area contributed by atoms with Gasteiger partial charge in [0.1, 0.15) is 11.3 Å². The van der Waals surface area contributed by atoms with Crippen LogP contribution in [0.2, 0.25) is 0 Å². The van der Waals surface area contributed by atoms with Gasteiger partial charge in [0, 0.05) is 18.0 Å². The summed E-state index contributed by atoms with van der Waals surface area (Å²) in [6.45, 7) is 1.93. The maximum Gasteiger partial charge on any atom is 0.339 e. The highest BCUT2D eigenvalue weighted by atomic mass is 16.4. The van der Waals surface area contributed by atoms with Crippen LogP contribution in [0.15, 0.2) is 47.5 Å². The van der Waals surface area contributed by atoms with Gasteiger partial charge in [-0.15, -0.1) is 0 Å². The zero-order valence-electron chi connectivity index (χ0n) is 10.6. The zero-order valence-corrected chi connectivity index (χ0v) is 10.6. The van der Waals surface area contributed by atoms with Gasteiger partial charge in [0.25, 0.3) is 0 Å². The number of carbonyl (C=O) groups is 1. The Balaban J connectivity index is 2.15. The highest BCUT2D eigenvalue weighted by molar-refractivity contribution is 5.94. The standard InChI is InChI=1S/C14H11N3O3/c1-9-2-4-15-12(6-9)17-7-11(14(18)19)13(16-17)10-3-5-20-8-10/h2-8H,1H3,(H,18,19).